The van der Waals surface area contributed by atoms with Crippen LogP contribution < -0.4 is 0 Å². The molecule has 72 valence electrons. The van der Waals surface area contributed by atoms with Crippen molar-refractivity contribution in [2.24, 2.45) is 0 Å². The van der Waals surface area contributed by atoms with E-state index < -0.39 is 0 Å². The van der Waals surface area contributed by atoms with Crippen LogP contribution in [0, 0.1) is 0 Å². The fourth-order valence-corrected chi connectivity index (χ4v) is 2.58. The second kappa shape index (κ2) is 6.63. The van der Waals surface area contributed by atoms with Gasteiger partial charge in [-0.1, -0.05) is 29.8 Å². The maximum Gasteiger partial charge on any atom is 0.0446 e. The minimum Gasteiger partial charge on any atom is -0.179 e. The van der Waals surface area contributed by atoms with Crippen LogP contribution in [0.5, 0.6) is 0 Å². The standard InChI is InChI=1S/C10H13ClS2/c11-10-5-2-1-4-9(10)8-13-7-3-6-12/h1-2,4-5,12H,3,6-8H2. The molecule has 0 saturated heterocycles. The molecular weight excluding hydrogens is 220 g/mol. The summed E-state index contributed by atoms with van der Waals surface area (Å²) in [5.74, 6) is 3.14. The van der Waals surface area contributed by atoms with Crippen molar-refractivity contribution in [2.75, 3.05) is 11.5 Å². The molecule has 0 N–H and O–H groups in total. The molecule has 0 radical (unpaired) electrons. The Morgan fingerprint density at radius 1 is 1.31 bits per heavy atom. The summed E-state index contributed by atoms with van der Waals surface area (Å²) in [6, 6.07) is 8.01. The molecule has 0 heterocycles. The van der Waals surface area contributed by atoms with Crippen LogP contribution >= 0.6 is 36.0 Å². The molecule has 1 aromatic rings. The van der Waals surface area contributed by atoms with Crippen molar-refractivity contribution in [1.82, 2.24) is 0 Å². The summed E-state index contributed by atoms with van der Waals surface area (Å²) in [6.45, 7) is 0. The summed E-state index contributed by atoms with van der Waals surface area (Å²) in [5, 5.41) is 0.876. The highest BCUT2D eigenvalue weighted by Gasteiger charge is 1.97. The van der Waals surface area contributed by atoms with Gasteiger partial charge < -0.3 is 0 Å². The Bertz CT molecular complexity index is 250. The first kappa shape index (κ1) is 11.3. The number of thiol groups is 1. The minimum atomic E-state index is 0.876. The molecule has 0 aromatic heterocycles. The lowest BCUT2D eigenvalue weighted by Crippen LogP contribution is -1.85. The topological polar surface area (TPSA) is 0 Å². The molecule has 1 aromatic carbocycles. The van der Waals surface area contributed by atoms with Crippen LogP contribution in [0.4, 0.5) is 0 Å². The Morgan fingerprint density at radius 3 is 2.77 bits per heavy atom. The van der Waals surface area contributed by atoms with E-state index in [1.807, 2.05) is 30.0 Å². The number of benzene rings is 1. The summed E-state index contributed by atoms with van der Waals surface area (Å²) in [5.41, 5.74) is 1.23. The van der Waals surface area contributed by atoms with Crippen molar-refractivity contribution in [1.29, 1.82) is 0 Å². The Kier molecular flexibility index (Phi) is 5.76. The Hall–Kier alpha value is 0.210. The van der Waals surface area contributed by atoms with Crippen molar-refractivity contribution in [3.63, 3.8) is 0 Å². The number of rotatable bonds is 5. The van der Waals surface area contributed by atoms with Gasteiger partial charge in [-0.05, 0) is 29.6 Å². The Balaban J connectivity index is 2.32. The highest BCUT2D eigenvalue weighted by atomic mass is 35.5. The monoisotopic (exact) mass is 232 g/mol. The van der Waals surface area contributed by atoms with Gasteiger partial charge in [0.25, 0.3) is 0 Å². The van der Waals surface area contributed by atoms with E-state index in [2.05, 4.69) is 18.7 Å². The molecule has 0 nitrogen and oxygen atoms in total. The van der Waals surface area contributed by atoms with Crippen LogP contribution in [0.15, 0.2) is 24.3 Å². The highest BCUT2D eigenvalue weighted by Crippen LogP contribution is 2.20. The summed E-state index contributed by atoms with van der Waals surface area (Å²) in [7, 11) is 0. The Labute approximate surface area is 94.5 Å². The van der Waals surface area contributed by atoms with Crippen molar-refractivity contribution >= 4 is 36.0 Å². The second-order valence-corrected chi connectivity index (χ2v) is 4.68. The van der Waals surface area contributed by atoms with Crippen molar-refractivity contribution in [3.05, 3.63) is 34.9 Å². The zero-order valence-electron chi connectivity index (χ0n) is 7.37. The molecule has 0 unspecified atom stereocenters. The largest absolute Gasteiger partial charge is 0.179 e. The first-order valence-electron chi connectivity index (χ1n) is 4.26. The van der Waals surface area contributed by atoms with Crippen LogP contribution in [-0.2, 0) is 5.75 Å². The maximum absolute atomic E-state index is 6.01. The maximum atomic E-state index is 6.01. The second-order valence-electron chi connectivity index (χ2n) is 2.72. The van der Waals surface area contributed by atoms with Gasteiger partial charge in [-0.15, -0.1) is 0 Å². The van der Waals surface area contributed by atoms with Gasteiger partial charge in [-0.25, -0.2) is 0 Å². The summed E-state index contributed by atoms with van der Waals surface area (Å²) >= 11 is 12.1. The minimum absolute atomic E-state index is 0.876. The molecule has 0 atom stereocenters. The van der Waals surface area contributed by atoms with E-state index in [4.69, 9.17) is 11.6 Å². The van der Waals surface area contributed by atoms with Gasteiger partial charge in [0.1, 0.15) is 0 Å². The summed E-state index contributed by atoms with van der Waals surface area (Å²) in [4.78, 5) is 0. The average molecular weight is 233 g/mol. The molecule has 0 aliphatic rings. The predicted octanol–water partition coefficient (Wildman–Crippen LogP) is 3.89. The van der Waals surface area contributed by atoms with E-state index >= 15 is 0 Å². The zero-order valence-corrected chi connectivity index (χ0v) is 9.84. The smallest absolute Gasteiger partial charge is 0.0446 e. The lowest BCUT2D eigenvalue weighted by Gasteiger charge is -2.02. The molecule has 0 fully saturated rings. The normalized spacial score (nSPS) is 10.3. The van der Waals surface area contributed by atoms with E-state index in [-0.39, 0.29) is 0 Å². The molecule has 0 aliphatic carbocycles. The molecular formula is C10H13ClS2. The third-order valence-corrected chi connectivity index (χ3v) is 3.44. The molecule has 13 heavy (non-hydrogen) atoms. The molecule has 0 amide bonds. The molecule has 0 saturated carbocycles. The lowest BCUT2D eigenvalue weighted by molar-refractivity contribution is 1.13. The predicted molar refractivity (Wildman–Crippen MR) is 66.1 cm³/mol. The zero-order chi connectivity index (χ0) is 9.52. The van der Waals surface area contributed by atoms with E-state index in [9.17, 15) is 0 Å². The highest BCUT2D eigenvalue weighted by molar-refractivity contribution is 7.98. The molecule has 3 heteroatoms. The van der Waals surface area contributed by atoms with Crippen molar-refractivity contribution in [2.45, 2.75) is 12.2 Å². The average Bonchev–Trinajstić information content (AvgIpc) is 2.15. The first-order valence-corrected chi connectivity index (χ1v) is 6.43. The lowest BCUT2D eigenvalue weighted by atomic mass is 10.2. The van der Waals surface area contributed by atoms with Gasteiger partial charge in [-0.3, -0.25) is 0 Å². The van der Waals surface area contributed by atoms with Crippen LogP contribution in [0.3, 0.4) is 0 Å². The number of hydrogen-bond acceptors (Lipinski definition) is 2. The molecule has 0 aliphatic heterocycles. The van der Waals surface area contributed by atoms with Crippen LogP contribution in [-0.4, -0.2) is 11.5 Å². The van der Waals surface area contributed by atoms with Crippen LogP contribution in [0.25, 0.3) is 0 Å². The van der Waals surface area contributed by atoms with Gasteiger partial charge in [-0.2, -0.15) is 24.4 Å². The first-order chi connectivity index (χ1) is 6.34. The van der Waals surface area contributed by atoms with Crippen molar-refractivity contribution in [3.8, 4) is 0 Å². The number of hydrogen-bond donors (Lipinski definition) is 1. The molecule has 0 bridgehead atoms. The number of halogens is 1. The van der Waals surface area contributed by atoms with E-state index in [0.717, 1.165) is 28.7 Å². The summed E-state index contributed by atoms with van der Waals surface area (Å²) in [6.07, 6.45) is 1.16. The van der Waals surface area contributed by atoms with Gasteiger partial charge in [0.15, 0.2) is 0 Å². The molecule has 1 rings (SSSR count). The summed E-state index contributed by atoms with van der Waals surface area (Å²) < 4.78 is 0. The molecule has 0 spiro atoms. The SMILES string of the molecule is SCCCSCc1ccccc1Cl. The third kappa shape index (κ3) is 4.30. The van der Waals surface area contributed by atoms with Gasteiger partial charge in [0.05, 0.1) is 0 Å². The van der Waals surface area contributed by atoms with Crippen LogP contribution in [0.2, 0.25) is 5.02 Å². The van der Waals surface area contributed by atoms with Gasteiger partial charge in [0.2, 0.25) is 0 Å². The van der Waals surface area contributed by atoms with E-state index in [1.54, 1.807) is 0 Å². The number of thioether (sulfide) groups is 1. The van der Waals surface area contributed by atoms with Crippen LogP contribution in [0.1, 0.15) is 12.0 Å². The fraction of sp³-hybridized carbons (Fsp3) is 0.400. The Morgan fingerprint density at radius 2 is 2.08 bits per heavy atom. The van der Waals surface area contributed by atoms with Crippen molar-refractivity contribution < 1.29 is 0 Å². The third-order valence-electron chi connectivity index (χ3n) is 1.66. The van der Waals surface area contributed by atoms with E-state index in [0.29, 0.717) is 0 Å². The van der Waals surface area contributed by atoms with E-state index in [1.165, 1.54) is 5.56 Å². The van der Waals surface area contributed by atoms with Gasteiger partial charge in [0, 0.05) is 10.8 Å². The fourth-order valence-electron chi connectivity index (χ4n) is 0.964. The van der Waals surface area contributed by atoms with Gasteiger partial charge >= 0.3 is 0 Å². The quantitative estimate of drug-likeness (QED) is 0.594.